The van der Waals surface area contributed by atoms with Crippen LogP contribution >= 0.6 is 0 Å². The Kier molecular flexibility index (Phi) is 6.37. The largest absolute Gasteiger partial charge is 0.507 e. The summed E-state index contributed by atoms with van der Waals surface area (Å²) >= 11 is 0. The molecule has 1 heterocycles. The molecule has 0 aliphatic heterocycles. The average molecular weight is 371 g/mol. The van der Waals surface area contributed by atoms with Gasteiger partial charge in [0.2, 0.25) is 0 Å². The Balaban J connectivity index is 0.00000126. The van der Waals surface area contributed by atoms with Crippen LogP contribution in [-0.2, 0) is 4.79 Å². The van der Waals surface area contributed by atoms with E-state index in [2.05, 4.69) is 15.3 Å². The number of aromatic hydroxyl groups is 1. The van der Waals surface area contributed by atoms with Gasteiger partial charge in [-0.3, -0.25) is 14.6 Å². The van der Waals surface area contributed by atoms with Gasteiger partial charge in [0.05, 0.1) is 17.4 Å². The summed E-state index contributed by atoms with van der Waals surface area (Å²) in [6, 6.07) is 8.74. The maximum absolute atomic E-state index is 13.9. The van der Waals surface area contributed by atoms with Gasteiger partial charge in [-0.15, -0.1) is 0 Å². The number of hydrogen-bond acceptors (Lipinski definition) is 5. The molecule has 0 saturated carbocycles. The Morgan fingerprint density at radius 2 is 1.85 bits per heavy atom. The SMILES string of the molecule is CC.O=C(O)CNC(=O)c1c(O)ccc2nc(-c3ccccc3F)cnc12. The number of amides is 1. The molecule has 0 radical (unpaired) electrons. The van der Waals surface area contributed by atoms with Crippen LogP contribution in [0.1, 0.15) is 24.2 Å². The molecule has 0 spiro atoms. The highest BCUT2D eigenvalue weighted by Gasteiger charge is 2.18. The quantitative estimate of drug-likeness (QED) is 0.650. The number of benzene rings is 2. The van der Waals surface area contributed by atoms with E-state index in [0.29, 0.717) is 0 Å². The molecule has 3 N–H and O–H groups in total. The van der Waals surface area contributed by atoms with Crippen LogP contribution in [-0.4, -0.2) is 38.6 Å². The molecule has 8 heteroatoms. The van der Waals surface area contributed by atoms with Crippen LogP contribution in [0.3, 0.4) is 0 Å². The number of phenols is 1. The lowest BCUT2D eigenvalue weighted by Crippen LogP contribution is -2.29. The van der Waals surface area contributed by atoms with Gasteiger partial charge < -0.3 is 15.5 Å². The number of hydrogen-bond donors (Lipinski definition) is 3. The van der Waals surface area contributed by atoms with Crippen LogP contribution in [0.15, 0.2) is 42.6 Å². The average Bonchev–Trinajstić information content (AvgIpc) is 2.67. The fourth-order valence-electron chi connectivity index (χ4n) is 2.34. The van der Waals surface area contributed by atoms with Gasteiger partial charge in [-0.05, 0) is 24.3 Å². The molecule has 0 aliphatic rings. The minimum Gasteiger partial charge on any atom is -0.507 e. The number of rotatable bonds is 4. The van der Waals surface area contributed by atoms with Gasteiger partial charge in [-0.2, -0.15) is 0 Å². The molecule has 0 atom stereocenters. The van der Waals surface area contributed by atoms with Crippen LogP contribution in [0, 0.1) is 5.82 Å². The molecule has 0 aliphatic carbocycles. The van der Waals surface area contributed by atoms with E-state index >= 15 is 0 Å². The molecule has 140 valence electrons. The molecule has 0 bridgehead atoms. The summed E-state index contributed by atoms with van der Waals surface area (Å²) in [5.41, 5.74) is 0.684. The van der Waals surface area contributed by atoms with Crippen LogP contribution in [0.2, 0.25) is 0 Å². The van der Waals surface area contributed by atoms with Crippen LogP contribution in [0.5, 0.6) is 5.75 Å². The van der Waals surface area contributed by atoms with Crippen molar-refractivity contribution in [2.24, 2.45) is 0 Å². The zero-order chi connectivity index (χ0) is 20.0. The maximum atomic E-state index is 13.9. The van der Waals surface area contributed by atoms with Crippen molar-refractivity contribution < 1.29 is 24.2 Å². The van der Waals surface area contributed by atoms with Gasteiger partial charge in [-0.25, -0.2) is 9.37 Å². The topological polar surface area (TPSA) is 112 Å². The highest BCUT2D eigenvalue weighted by Crippen LogP contribution is 2.27. The number of fused-ring (bicyclic) bond motifs is 1. The monoisotopic (exact) mass is 371 g/mol. The number of carboxylic acids is 1. The van der Waals surface area contributed by atoms with Crippen LogP contribution < -0.4 is 5.32 Å². The van der Waals surface area contributed by atoms with Crippen LogP contribution in [0.25, 0.3) is 22.3 Å². The Hall–Kier alpha value is -3.55. The van der Waals surface area contributed by atoms with Gasteiger partial charge in [0, 0.05) is 5.56 Å². The van der Waals surface area contributed by atoms with Gasteiger partial charge in [-0.1, -0.05) is 26.0 Å². The van der Waals surface area contributed by atoms with Gasteiger partial charge in [0.25, 0.3) is 5.91 Å². The van der Waals surface area contributed by atoms with Crippen molar-refractivity contribution in [2.75, 3.05) is 6.54 Å². The zero-order valence-corrected chi connectivity index (χ0v) is 14.7. The summed E-state index contributed by atoms with van der Waals surface area (Å²) in [5.74, 6) is -2.84. The van der Waals surface area contributed by atoms with Crippen LogP contribution in [0.4, 0.5) is 4.39 Å². The number of nitrogens with one attached hydrogen (secondary N) is 1. The molecule has 0 saturated heterocycles. The minimum atomic E-state index is -1.22. The second-order valence-electron chi connectivity index (χ2n) is 5.14. The number of nitrogens with zero attached hydrogens (tertiary/aromatic N) is 2. The predicted molar refractivity (Wildman–Crippen MR) is 97.9 cm³/mol. The summed E-state index contributed by atoms with van der Waals surface area (Å²) in [6.45, 7) is 3.40. The molecule has 27 heavy (non-hydrogen) atoms. The van der Waals surface area contributed by atoms with Crippen molar-refractivity contribution >= 4 is 22.9 Å². The number of halogens is 1. The summed E-state index contributed by atoms with van der Waals surface area (Å²) < 4.78 is 13.9. The first-order valence-corrected chi connectivity index (χ1v) is 8.21. The van der Waals surface area contributed by atoms with Gasteiger partial charge in [0.1, 0.15) is 29.2 Å². The van der Waals surface area contributed by atoms with E-state index in [1.54, 1.807) is 18.2 Å². The molecule has 3 rings (SSSR count). The van der Waals surface area contributed by atoms with E-state index in [1.807, 2.05) is 13.8 Å². The Bertz CT molecular complexity index is 992. The van der Waals surface area contributed by atoms with E-state index in [-0.39, 0.29) is 33.6 Å². The lowest BCUT2D eigenvalue weighted by molar-refractivity contribution is -0.135. The second-order valence-corrected chi connectivity index (χ2v) is 5.14. The standard InChI is InChI=1S/C17H12FN3O4.C2H6/c18-10-4-2-1-3-9(10)12-7-19-16-11(21-12)5-6-13(22)15(16)17(25)20-8-14(23)24;1-2/h1-7,22H,8H2,(H,20,25)(H,23,24);1-2H3. The van der Waals surface area contributed by atoms with Crippen molar-refractivity contribution in [3.05, 3.63) is 54.0 Å². The Morgan fingerprint density at radius 1 is 1.15 bits per heavy atom. The van der Waals surface area contributed by atoms with E-state index in [9.17, 15) is 19.1 Å². The van der Waals surface area contributed by atoms with E-state index in [4.69, 9.17) is 5.11 Å². The molecule has 1 amide bonds. The molecule has 0 fully saturated rings. The zero-order valence-electron chi connectivity index (χ0n) is 14.7. The first kappa shape index (κ1) is 19.8. The fraction of sp³-hybridized carbons (Fsp3) is 0.158. The molecule has 2 aromatic carbocycles. The third-order valence-electron chi connectivity index (χ3n) is 3.47. The number of phenolic OH excluding ortho intramolecular Hbond substituents is 1. The Morgan fingerprint density at radius 3 is 2.52 bits per heavy atom. The number of carbonyl (C=O) groups excluding carboxylic acids is 1. The molecule has 7 nitrogen and oxygen atoms in total. The number of carbonyl (C=O) groups is 2. The van der Waals surface area contributed by atoms with Crippen molar-refractivity contribution in [2.45, 2.75) is 13.8 Å². The van der Waals surface area contributed by atoms with Crippen molar-refractivity contribution in [1.82, 2.24) is 15.3 Å². The lowest BCUT2D eigenvalue weighted by Gasteiger charge is -2.09. The summed E-state index contributed by atoms with van der Waals surface area (Å²) in [4.78, 5) is 31.1. The number of aliphatic carboxylic acids is 1. The first-order valence-electron chi connectivity index (χ1n) is 8.21. The number of carboxylic acid groups (broad SMARTS) is 1. The Labute approximate surface area is 154 Å². The van der Waals surface area contributed by atoms with Crippen molar-refractivity contribution in [1.29, 1.82) is 0 Å². The number of aromatic nitrogens is 2. The van der Waals surface area contributed by atoms with Crippen molar-refractivity contribution in [3.8, 4) is 17.0 Å². The lowest BCUT2D eigenvalue weighted by atomic mass is 10.1. The van der Waals surface area contributed by atoms with E-state index < -0.39 is 24.2 Å². The summed E-state index contributed by atoms with van der Waals surface area (Å²) in [6.07, 6.45) is 1.29. The highest BCUT2D eigenvalue weighted by atomic mass is 19.1. The molecule has 1 aromatic heterocycles. The third kappa shape index (κ3) is 4.35. The summed E-state index contributed by atoms with van der Waals surface area (Å²) in [5, 5.41) is 20.7. The second kappa shape index (κ2) is 8.70. The molecule has 0 unspecified atom stereocenters. The van der Waals surface area contributed by atoms with Gasteiger partial charge >= 0.3 is 5.97 Å². The normalized spacial score (nSPS) is 10.0. The maximum Gasteiger partial charge on any atom is 0.322 e. The molecular weight excluding hydrogens is 353 g/mol. The van der Waals surface area contributed by atoms with E-state index in [1.165, 1.54) is 24.4 Å². The molecule has 3 aromatic rings. The molecular formula is C19H18FN3O4. The third-order valence-corrected chi connectivity index (χ3v) is 3.47. The predicted octanol–water partition coefficient (Wildman–Crippen LogP) is 2.98. The smallest absolute Gasteiger partial charge is 0.322 e. The highest BCUT2D eigenvalue weighted by molar-refractivity contribution is 6.08. The first-order chi connectivity index (χ1) is 13.0. The summed E-state index contributed by atoms with van der Waals surface area (Å²) in [7, 11) is 0. The van der Waals surface area contributed by atoms with Crippen molar-refractivity contribution in [3.63, 3.8) is 0 Å². The van der Waals surface area contributed by atoms with Gasteiger partial charge in [0.15, 0.2) is 0 Å². The fourth-order valence-corrected chi connectivity index (χ4v) is 2.34. The van der Waals surface area contributed by atoms with E-state index in [0.717, 1.165) is 0 Å². The minimum absolute atomic E-state index is 0.0861.